The van der Waals surface area contributed by atoms with E-state index in [0.717, 1.165) is 6.26 Å². The highest BCUT2D eigenvalue weighted by atomic mass is 32.2. The number of benzene rings is 3. The summed E-state index contributed by atoms with van der Waals surface area (Å²) in [5, 5.41) is 7.71. The Bertz CT molecular complexity index is 1860. The molecule has 5 rings (SSSR count). The molecule has 0 atom stereocenters. The van der Waals surface area contributed by atoms with Crippen LogP contribution in [0.4, 0.5) is 17.1 Å². The average Bonchev–Trinajstić information content (AvgIpc) is 2.87. The van der Waals surface area contributed by atoms with Gasteiger partial charge < -0.3 is 10.6 Å². The first-order chi connectivity index (χ1) is 17.9. The molecule has 4 aromatic rings. The molecule has 1 aliphatic heterocycles. The van der Waals surface area contributed by atoms with E-state index in [1.54, 1.807) is 72.8 Å². The summed E-state index contributed by atoms with van der Waals surface area (Å²) < 4.78 is 53.4. The number of hydrogen-bond donors (Lipinski definition) is 3. The first kappa shape index (κ1) is 25.2. The van der Waals surface area contributed by atoms with Crippen LogP contribution in [0.2, 0.25) is 0 Å². The first-order valence-electron chi connectivity index (χ1n) is 11.3. The number of aromatic nitrogens is 1. The van der Waals surface area contributed by atoms with Gasteiger partial charge in [-0.05, 0) is 42.0 Å². The highest BCUT2D eigenvalue weighted by Crippen LogP contribution is 2.35. The van der Waals surface area contributed by atoms with Gasteiger partial charge in [-0.25, -0.2) is 16.8 Å². The molecule has 0 radical (unpaired) electrons. The van der Waals surface area contributed by atoms with Crippen molar-refractivity contribution in [1.82, 2.24) is 4.57 Å². The molecule has 194 valence electrons. The number of amidine groups is 1. The second-order valence-electron chi connectivity index (χ2n) is 8.81. The molecule has 0 unspecified atom stereocenters. The van der Waals surface area contributed by atoms with Gasteiger partial charge in [0.15, 0.2) is 9.84 Å². The van der Waals surface area contributed by atoms with Gasteiger partial charge in [0.25, 0.3) is 15.6 Å². The van der Waals surface area contributed by atoms with E-state index in [-0.39, 0.29) is 22.1 Å². The van der Waals surface area contributed by atoms with Crippen LogP contribution >= 0.6 is 0 Å². The van der Waals surface area contributed by atoms with Crippen LogP contribution in [-0.4, -0.2) is 39.4 Å². The lowest BCUT2D eigenvalue weighted by Crippen LogP contribution is -2.40. The van der Waals surface area contributed by atoms with Gasteiger partial charge in [0.2, 0.25) is 0 Å². The highest BCUT2D eigenvalue weighted by Gasteiger charge is 2.31. The van der Waals surface area contributed by atoms with Crippen molar-refractivity contribution in [2.75, 3.05) is 21.8 Å². The Morgan fingerprint density at radius 2 is 1.68 bits per heavy atom. The van der Waals surface area contributed by atoms with Gasteiger partial charge in [0.1, 0.15) is 17.4 Å². The van der Waals surface area contributed by atoms with E-state index in [1.165, 1.54) is 21.7 Å². The molecule has 4 N–H and O–H groups in total. The maximum Gasteiger partial charge on any atom is 0.281 e. The third-order valence-electron chi connectivity index (χ3n) is 6.11. The summed E-state index contributed by atoms with van der Waals surface area (Å²) >= 11 is 0. The maximum atomic E-state index is 13.7. The number of anilines is 3. The van der Waals surface area contributed by atoms with Gasteiger partial charge in [0, 0.05) is 35.0 Å². The Hall–Kier alpha value is -4.42. The molecule has 38 heavy (non-hydrogen) atoms. The van der Waals surface area contributed by atoms with E-state index in [9.17, 15) is 21.6 Å². The van der Waals surface area contributed by atoms with Gasteiger partial charge in [0.05, 0.1) is 10.6 Å². The van der Waals surface area contributed by atoms with Crippen molar-refractivity contribution in [3.8, 4) is 16.8 Å². The molecule has 0 amide bonds. The Kier molecular flexibility index (Phi) is 6.08. The second-order valence-corrected chi connectivity index (χ2v) is 12.5. The number of pyridine rings is 1. The minimum absolute atomic E-state index is 0.120. The minimum atomic E-state index is -3.78. The van der Waals surface area contributed by atoms with E-state index in [1.807, 2.05) is 0 Å². The predicted molar refractivity (Wildman–Crippen MR) is 148 cm³/mol. The summed E-state index contributed by atoms with van der Waals surface area (Å²) in [6, 6.07) is 21.5. The van der Waals surface area contributed by atoms with Gasteiger partial charge in [-0.1, -0.05) is 42.5 Å². The number of nitrogens with two attached hydrogens (primary N) is 1. The molecule has 0 spiro atoms. The number of fused-ring (bicyclic) bond motifs is 1. The van der Waals surface area contributed by atoms with Crippen molar-refractivity contribution >= 4 is 42.8 Å². The van der Waals surface area contributed by atoms with Crippen molar-refractivity contribution in [1.29, 1.82) is 5.41 Å². The summed E-state index contributed by atoms with van der Waals surface area (Å²) in [6.07, 6.45) is 2.62. The SMILES string of the molecule is CS(=O)(=O)c1ccccc1-c1ccc(-n2ccc3c(c2=O)N(c2cccc(C(=N)N)c2)CS(=O)(=O)N3)cc1. The molecule has 1 aliphatic rings. The zero-order valence-electron chi connectivity index (χ0n) is 20.1. The molecule has 0 fully saturated rings. The fraction of sp³-hybridized carbons (Fsp3) is 0.0769. The predicted octanol–water partition coefficient (Wildman–Crippen LogP) is 3.04. The van der Waals surface area contributed by atoms with Crippen LogP contribution in [0.15, 0.2) is 94.7 Å². The number of nitrogens with zero attached hydrogens (tertiary/aromatic N) is 2. The third kappa shape index (κ3) is 4.66. The van der Waals surface area contributed by atoms with Crippen LogP contribution in [0.1, 0.15) is 5.56 Å². The van der Waals surface area contributed by atoms with Crippen molar-refractivity contribution in [2.24, 2.45) is 5.73 Å². The minimum Gasteiger partial charge on any atom is -0.384 e. The molecule has 0 saturated heterocycles. The zero-order chi connectivity index (χ0) is 27.2. The van der Waals surface area contributed by atoms with Gasteiger partial charge >= 0.3 is 0 Å². The standard InChI is InChI=1S/C26H23N5O5S2/c1-37(33,34)23-8-3-2-7-21(23)17-9-11-19(12-10-17)30-14-13-22-24(26(30)32)31(16-38(35,36)29-22)20-6-4-5-18(15-20)25(27)28/h2-15,29H,16H2,1H3,(H3,27,28). The van der Waals surface area contributed by atoms with Gasteiger partial charge in [-0.3, -0.25) is 19.5 Å². The monoisotopic (exact) mass is 549 g/mol. The van der Waals surface area contributed by atoms with E-state index in [2.05, 4.69) is 4.72 Å². The molecule has 1 aromatic heterocycles. The quantitative estimate of drug-likeness (QED) is 0.255. The van der Waals surface area contributed by atoms with Gasteiger partial charge in [-0.2, -0.15) is 0 Å². The molecule has 3 aromatic carbocycles. The fourth-order valence-corrected chi connectivity index (χ4v) is 6.47. The molecular weight excluding hydrogens is 526 g/mol. The Morgan fingerprint density at radius 1 is 0.974 bits per heavy atom. The normalized spacial score (nSPS) is 14.4. The number of hydrogen-bond acceptors (Lipinski definition) is 7. The molecule has 0 bridgehead atoms. The van der Waals surface area contributed by atoms with Crippen molar-refractivity contribution in [3.05, 3.63) is 101 Å². The van der Waals surface area contributed by atoms with Gasteiger partial charge in [-0.15, -0.1) is 0 Å². The first-order valence-corrected chi connectivity index (χ1v) is 14.9. The van der Waals surface area contributed by atoms with Crippen LogP contribution in [0, 0.1) is 5.41 Å². The number of sulfone groups is 1. The second kappa shape index (κ2) is 9.15. The largest absolute Gasteiger partial charge is 0.384 e. The Balaban J connectivity index is 1.61. The van der Waals surface area contributed by atoms with E-state index in [0.29, 0.717) is 28.1 Å². The zero-order valence-corrected chi connectivity index (χ0v) is 21.8. The third-order valence-corrected chi connectivity index (χ3v) is 8.40. The Morgan fingerprint density at radius 3 is 2.37 bits per heavy atom. The number of nitrogen functional groups attached to an aromatic ring is 1. The van der Waals surface area contributed by atoms with Crippen molar-refractivity contribution in [3.63, 3.8) is 0 Å². The highest BCUT2D eigenvalue weighted by molar-refractivity contribution is 7.92. The summed E-state index contributed by atoms with van der Waals surface area (Å²) in [5.74, 6) is -0.685. The summed E-state index contributed by atoms with van der Waals surface area (Å²) in [4.78, 5) is 15.3. The van der Waals surface area contributed by atoms with E-state index >= 15 is 0 Å². The van der Waals surface area contributed by atoms with Crippen LogP contribution in [-0.2, 0) is 19.9 Å². The van der Waals surface area contributed by atoms with Crippen LogP contribution in [0.5, 0.6) is 0 Å². The molecule has 10 nitrogen and oxygen atoms in total. The topological polar surface area (TPSA) is 155 Å². The van der Waals surface area contributed by atoms with E-state index in [4.69, 9.17) is 11.1 Å². The maximum absolute atomic E-state index is 13.7. The fourth-order valence-electron chi connectivity index (χ4n) is 4.38. The molecule has 12 heteroatoms. The molecular formula is C26H23N5O5S2. The van der Waals surface area contributed by atoms with Crippen molar-refractivity contribution < 1.29 is 16.8 Å². The summed E-state index contributed by atoms with van der Waals surface area (Å²) in [6.45, 7) is 0. The molecule has 0 saturated carbocycles. The van der Waals surface area contributed by atoms with E-state index < -0.39 is 31.3 Å². The lowest BCUT2D eigenvalue weighted by atomic mass is 10.1. The number of sulfonamides is 1. The smallest absolute Gasteiger partial charge is 0.281 e. The Labute approximate surface area is 219 Å². The molecule has 2 heterocycles. The lowest BCUT2D eigenvalue weighted by Gasteiger charge is -2.31. The van der Waals surface area contributed by atoms with Crippen LogP contribution < -0.4 is 20.9 Å². The van der Waals surface area contributed by atoms with Crippen molar-refractivity contribution in [2.45, 2.75) is 4.90 Å². The summed E-state index contributed by atoms with van der Waals surface area (Å²) in [5.41, 5.74) is 7.89. The number of rotatable bonds is 5. The molecule has 0 aliphatic carbocycles. The summed E-state index contributed by atoms with van der Waals surface area (Å²) in [7, 11) is -7.23. The van der Waals surface area contributed by atoms with Crippen LogP contribution in [0.3, 0.4) is 0 Å². The average molecular weight is 550 g/mol. The lowest BCUT2D eigenvalue weighted by molar-refractivity contribution is 0.598. The van der Waals surface area contributed by atoms with Crippen LogP contribution in [0.25, 0.3) is 16.8 Å². The number of nitrogens with one attached hydrogen (secondary N) is 2.